The molecular weight excluding hydrogens is 281 g/mol. The first-order valence-corrected chi connectivity index (χ1v) is 8.38. The van der Waals surface area contributed by atoms with Crippen molar-refractivity contribution in [2.45, 2.75) is 25.0 Å². The van der Waals surface area contributed by atoms with E-state index in [1.165, 1.54) is 12.1 Å². The van der Waals surface area contributed by atoms with E-state index in [2.05, 4.69) is 4.72 Å². The summed E-state index contributed by atoms with van der Waals surface area (Å²) in [6, 6.07) is 6.18. The molecule has 0 unspecified atom stereocenters. The van der Waals surface area contributed by atoms with Crippen LogP contribution >= 0.6 is 0 Å². The zero-order valence-electron chi connectivity index (χ0n) is 11.5. The van der Waals surface area contributed by atoms with Gasteiger partial charge in [0, 0.05) is 19.1 Å². The number of hydrogen-bond acceptors (Lipinski definition) is 3. The van der Waals surface area contributed by atoms with Crippen molar-refractivity contribution in [2.75, 3.05) is 19.8 Å². The van der Waals surface area contributed by atoms with Crippen LogP contribution in [0, 0.1) is 11.7 Å². The molecule has 0 amide bonds. The van der Waals surface area contributed by atoms with Crippen molar-refractivity contribution >= 4 is 10.0 Å². The van der Waals surface area contributed by atoms with E-state index < -0.39 is 15.3 Å². The maximum Gasteiger partial charge on any atom is 0.214 e. The number of ether oxygens (including phenoxy) is 1. The molecule has 2 atom stereocenters. The summed E-state index contributed by atoms with van der Waals surface area (Å²) in [4.78, 5) is 0. The molecule has 0 aromatic heterocycles. The van der Waals surface area contributed by atoms with Gasteiger partial charge in [-0.1, -0.05) is 19.1 Å². The Bertz CT molecular complexity index is 530. The van der Waals surface area contributed by atoms with Gasteiger partial charge in [-0.2, -0.15) is 0 Å². The lowest BCUT2D eigenvalue weighted by atomic mass is 9.93. The highest BCUT2D eigenvalue weighted by Crippen LogP contribution is 2.25. The van der Waals surface area contributed by atoms with Crippen molar-refractivity contribution in [3.63, 3.8) is 0 Å². The van der Waals surface area contributed by atoms with Crippen LogP contribution in [0.5, 0.6) is 0 Å². The highest BCUT2D eigenvalue weighted by molar-refractivity contribution is 7.90. The van der Waals surface area contributed by atoms with Gasteiger partial charge in [-0.15, -0.1) is 0 Å². The fourth-order valence-electron chi connectivity index (χ4n) is 2.61. The molecule has 0 saturated carbocycles. The maximum atomic E-state index is 12.9. The largest absolute Gasteiger partial charge is 0.381 e. The molecule has 20 heavy (non-hydrogen) atoms. The molecule has 2 rings (SSSR count). The summed E-state index contributed by atoms with van der Waals surface area (Å²) in [7, 11) is -3.31. The van der Waals surface area contributed by atoms with E-state index in [0.29, 0.717) is 32.6 Å². The molecule has 0 bridgehead atoms. The second-order valence-corrected chi connectivity index (χ2v) is 7.02. The van der Waals surface area contributed by atoms with E-state index in [1.807, 2.05) is 0 Å². The van der Waals surface area contributed by atoms with E-state index in [-0.39, 0.29) is 11.7 Å². The molecule has 1 aliphatic heterocycles. The molecule has 0 radical (unpaired) electrons. The molecule has 0 aliphatic carbocycles. The second kappa shape index (κ2) is 6.65. The summed E-state index contributed by atoms with van der Waals surface area (Å²) >= 11 is 0. The quantitative estimate of drug-likeness (QED) is 0.901. The van der Waals surface area contributed by atoms with Crippen LogP contribution in [0.15, 0.2) is 24.3 Å². The molecule has 1 fully saturated rings. The molecule has 1 aromatic rings. The normalized spacial score (nSPS) is 23.7. The molecule has 1 aromatic carbocycles. The van der Waals surface area contributed by atoms with Crippen LogP contribution in [0.2, 0.25) is 0 Å². The Kier molecular flexibility index (Phi) is 5.12. The molecule has 6 heteroatoms. The number of benzene rings is 1. The lowest BCUT2D eigenvalue weighted by Gasteiger charge is -2.31. The van der Waals surface area contributed by atoms with Crippen LogP contribution in [-0.4, -0.2) is 33.4 Å². The summed E-state index contributed by atoms with van der Waals surface area (Å²) < 4.78 is 45.3. The molecule has 0 spiro atoms. The van der Waals surface area contributed by atoms with Gasteiger partial charge in [-0.05, 0) is 30.5 Å². The van der Waals surface area contributed by atoms with E-state index in [4.69, 9.17) is 4.74 Å². The monoisotopic (exact) mass is 301 g/mol. The van der Waals surface area contributed by atoms with Gasteiger partial charge in [0.05, 0.1) is 11.9 Å². The van der Waals surface area contributed by atoms with Gasteiger partial charge in [0.15, 0.2) is 0 Å². The van der Waals surface area contributed by atoms with Crippen LogP contribution in [0.1, 0.15) is 18.9 Å². The average Bonchev–Trinajstić information content (AvgIpc) is 2.42. The summed E-state index contributed by atoms with van der Waals surface area (Å²) in [5.74, 6) is -0.385. The standard InChI is InChI=1S/C14H20FNO3S/c1-2-16-20(17,18)14-7-8-19-10-12(14)9-11-3-5-13(15)6-4-11/h3-6,12,14,16H,2,7-10H2,1H3/t12-,14-/m0/s1. The van der Waals surface area contributed by atoms with Gasteiger partial charge in [0.1, 0.15) is 5.82 Å². The molecule has 1 aliphatic rings. The Labute approximate surface area is 119 Å². The zero-order valence-corrected chi connectivity index (χ0v) is 12.3. The fraction of sp³-hybridized carbons (Fsp3) is 0.571. The number of sulfonamides is 1. The predicted octanol–water partition coefficient (Wildman–Crippen LogP) is 1.71. The molecule has 1 N–H and O–H groups in total. The van der Waals surface area contributed by atoms with Crippen LogP contribution in [-0.2, 0) is 21.2 Å². The van der Waals surface area contributed by atoms with E-state index in [0.717, 1.165) is 5.56 Å². The molecule has 1 saturated heterocycles. The van der Waals surface area contributed by atoms with E-state index >= 15 is 0 Å². The summed E-state index contributed by atoms with van der Waals surface area (Å²) in [5, 5.41) is -0.443. The summed E-state index contributed by atoms with van der Waals surface area (Å²) in [6.07, 6.45) is 1.08. The van der Waals surface area contributed by atoms with E-state index in [1.54, 1.807) is 19.1 Å². The van der Waals surface area contributed by atoms with Gasteiger partial charge in [-0.3, -0.25) is 0 Å². The maximum absolute atomic E-state index is 12.9. The first-order valence-electron chi connectivity index (χ1n) is 6.83. The van der Waals surface area contributed by atoms with Gasteiger partial charge >= 0.3 is 0 Å². The summed E-state index contributed by atoms with van der Waals surface area (Å²) in [5.41, 5.74) is 0.929. The Hall–Kier alpha value is -0.980. The van der Waals surface area contributed by atoms with Crippen LogP contribution in [0.25, 0.3) is 0 Å². The molecule has 1 heterocycles. The number of rotatable bonds is 5. The van der Waals surface area contributed by atoms with Crippen molar-refractivity contribution in [2.24, 2.45) is 5.92 Å². The van der Waals surface area contributed by atoms with E-state index in [9.17, 15) is 12.8 Å². The van der Waals surface area contributed by atoms with Gasteiger partial charge < -0.3 is 4.74 Å². The second-order valence-electron chi connectivity index (χ2n) is 5.04. The minimum absolute atomic E-state index is 0.0988. The van der Waals surface area contributed by atoms with Crippen molar-refractivity contribution in [3.05, 3.63) is 35.6 Å². The average molecular weight is 301 g/mol. The Morgan fingerprint density at radius 2 is 2.05 bits per heavy atom. The van der Waals surface area contributed by atoms with Crippen molar-refractivity contribution in [3.8, 4) is 0 Å². The minimum atomic E-state index is -3.31. The highest BCUT2D eigenvalue weighted by atomic mass is 32.2. The lowest BCUT2D eigenvalue weighted by Crippen LogP contribution is -2.44. The SMILES string of the molecule is CCNS(=O)(=O)[C@H]1CCOC[C@@H]1Cc1ccc(F)cc1. The highest BCUT2D eigenvalue weighted by Gasteiger charge is 2.35. The Balaban J connectivity index is 2.13. The third-order valence-electron chi connectivity index (χ3n) is 3.56. The van der Waals surface area contributed by atoms with Gasteiger partial charge in [-0.25, -0.2) is 17.5 Å². The smallest absolute Gasteiger partial charge is 0.214 e. The number of hydrogen-bond donors (Lipinski definition) is 1. The number of halogens is 1. The fourth-order valence-corrected chi connectivity index (χ4v) is 4.31. The number of nitrogens with one attached hydrogen (secondary N) is 1. The predicted molar refractivity (Wildman–Crippen MR) is 75.4 cm³/mol. The van der Waals surface area contributed by atoms with Crippen LogP contribution in [0.4, 0.5) is 4.39 Å². The van der Waals surface area contributed by atoms with Crippen LogP contribution < -0.4 is 4.72 Å². The zero-order chi connectivity index (χ0) is 14.6. The molecule has 112 valence electrons. The van der Waals surface area contributed by atoms with Crippen LogP contribution in [0.3, 0.4) is 0 Å². The topological polar surface area (TPSA) is 55.4 Å². The van der Waals surface area contributed by atoms with Crippen molar-refractivity contribution in [1.29, 1.82) is 0 Å². The van der Waals surface area contributed by atoms with Gasteiger partial charge in [0.2, 0.25) is 10.0 Å². The first-order chi connectivity index (χ1) is 9.53. The Morgan fingerprint density at radius 1 is 1.35 bits per heavy atom. The van der Waals surface area contributed by atoms with Gasteiger partial charge in [0.25, 0.3) is 0 Å². The third-order valence-corrected chi connectivity index (χ3v) is 5.67. The molecular formula is C14H20FNO3S. The molecule has 4 nitrogen and oxygen atoms in total. The van der Waals surface area contributed by atoms with Crippen molar-refractivity contribution < 1.29 is 17.5 Å². The summed E-state index contributed by atoms with van der Waals surface area (Å²) in [6.45, 7) is 3.05. The Morgan fingerprint density at radius 3 is 2.70 bits per heavy atom. The third kappa shape index (κ3) is 3.77. The minimum Gasteiger partial charge on any atom is -0.381 e. The first kappa shape index (κ1) is 15.4. The lowest BCUT2D eigenvalue weighted by molar-refractivity contribution is 0.0570. The van der Waals surface area contributed by atoms with Crippen molar-refractivity contribution in [1.82, 2.24) is 4.72 Å².